The predicted octanol–water partition coefficient (Wildman–Crippen LogP) is 2.98. The molecule has 0 aromatic heterocycles. The van der Waals surface area contributed by atoms with Crippen LogP contribution in [0.25, 0.3) is 0 Å². The van der Waals surface area contributed by atoms with Gasteiger partial charge in [-0.15, -0.1) is 13.2 Å². The lowest BCUT2D eigenvalue weighted by Crippen LogP contribution is -2.38. The lowest BCUT2D eigenvalue weighted by atomic mass is 10.1. The van der Waals surface area contributed by atoms with Gasteiger partial charge in [-0.25, -0.2) is 0 Å². The molecule has 0 saturated carbocycles. The molecule has 1 aromatic carbocycles. The van der Waals surface area contributed by atoms with Crippen molar-refractivity contribution < 1.29 is 27.4 Å². The molecule has 7 heteroatoms. The Morgan fingerprint density at radius 2 is 1.62 bits per heavy atom. The second kappa shape index (κ2) is 6.69. The van der Waals surface area contributed by atoms with E-state index < -0.39 is 6.36 Å². The van der Waals surface area contributed by atoms with Crippen molar-refractivity contribution in [2.24, 2.45) is 0 Å². The van der Waals surface area contributed by atoms with Gasteiger partial charge in [0, 0.05) is 13.1 Å². The lowest BCUT2D eigenvalue weighted by molar-refractivity contribution is -0.274. The summed E-state index contributed by atoms with van der Waals surface area (Å²) in [4.78, 5) is 13.6. The van der Waals surface area contributed by atoms with E-state index in [9.17, 15) is 18.0 Å². The summed E-state index contributed by atoms with van der Waals surface area (Å²) in [6.07, 6.45) is -1.59. The summed E-state index contributed by atoms with van der Waals surface area (Å²) in [6, 6.07) is 4.97. The summed E-state index contributed by atoms with van der Waals surface area (Å²) in [7, 11) is 0. The maximum Gasteiger partial charge on any atom is 0.573 e. The quantitative estimate of drug-likeness (QED) is 0.858. The highest BCUT2D eigenvalue weighted by Crippen LogP contribution is 2.24. The van der Waals surface area contributed by atoms with Crippen molar-refractivity contribution in [3.8, 4) is 11.5 Å². The van der Waals surface area contributed by atoms with Gasteiger partial charge in [0.2, 0.25) is 0 Å². The molecule has 1 saturated heterocycles. The summed E-state index contributed by atoms with van der Waals surface area (Å²) >= 11 is 0. The highest BCUT2D eigenvalue weighted by atomic mass is 19.4. The SMILES string of the molecule is O=C(COc1ccc(OC(F)(F)F)cc1)N1CCCCC1. The van der Waals surface area contributed by atoms with Crippen LogP contribution in [0.3, 0.4) is 0 Å². The summed E-state index contributed by atoms with van der Waals surface area (Å²) in [6.45, 7) is 1.36. The third-order valence-corrected chi connectivity index (χ3v) is 3.13. The molecule has 1 aliphatic rings. The van der Waals surface area contributed by atoms with Crippen molar-refractivity contribution in [3.05, 3.63) is 24.3 Å². The first-order valence-corrected chi connectivity index (χ1v) is 6.70. The molecular formula is C14H16F3NO3. The number of alkyl halides is 3. The first kappa shape index (κ1) is 15.5. The molecule has 1 amide bonds. The van der Waals surface area contributed by atoms with E-state index in [0.717, 1.165) is 44.5 Å². The van der Waals surface area contributed by atoms with Crippen LogP contribution in [0.2, 0.25) is 0 Å². The third-order valence-electron chi connectivity index (χ3n) is 3.13. The van der Waals surface area contributed by atoms with E-state index in [2.05, 4.69) is 4.74 Å². The fraction of sp³-hybridized carbons (Fsp3) is 0.500. The van der Waals surface area contributed by atoms with Crippen molar-refractivity contribution in [1.82, 2.24) is 4.90 Å². The molecule has 1 aliphatic heterocycles. The number of carbonyl (C=O) groups excluding carboxylic acids is 1. The Balaban J connectivity index is 1.81. The maximum atomic E-state index is 12.0. The maximum absolute atomic E-state index is 12.0. The van der Waals surface area contributed by atoms with Gasteiger partial charge in [0.05, 0.1) is 0 Å². The number of rotatable bonds is 4. The average Bonchev–Trinajstić information content (AvgIpc) is 2.45. The minimum atomic E-state index is -4.72. The Labute approximate surface area is 120 Å². The molecular weight excluding hydrogens is 287 g/mol. The molecule has 1 heterocycles. The zero-order chi connectivity index (χ0) is 15.3. The number of ether oxygens (including phenoxy) is 2. The Bertz CT molecular complexity index is 467. The van der Waals surface area contributed by atoms with Crippen LogP contribution in [0, 0.1) is 0 Å². The molecule has 0 aliphatic carbocycles. The smallest absolute Gasteiger partial charge is 0.484 e. The van der Waals surface area contributed by atoms with Gasteiger partial charge in [0.15, 0.2) is 6.61 Å². The standard InChI is InChI=1S/C14H16F3NO3/c15-14(16,17)21-12-6-4-11(5-7-12)20-10-13(19)18-8-2-1-3-9-18/h4-7H,1-3,8-10H2. The lowest BCUT2D eigenvalue weighted by Gasteiger charge is -2.26. The van der Waals surface area contributed by atoms with Crippen LogP contribution in [0.1, 0.15) is 19.3 Å². The number of hydrogen-bond donors (Lipinski definition) is 0. The summed E-state index contributed by atoms with van der Waals surface area (Å²) in [5.41, 5.74) is 0. The molecule has 0 spiro atoms. The molecule has 1 fully saturated rings. The molecule has 21 heavy (non-hydrogen) atoms. The van der Waals surface area contributed by atoms with Gasteiger partial charge in [0.25, 0.3) is 5.91 Å². The molecule has 116 valence electrons. The largest absolute Gasteiger partial charge is 0.573 e. The predicted molar refractivity (Wildman–Crippen MR) is 69.1 cm³/mol. The van der Waals surface area contributed by atoms with Gasteiger partial charge in [-0.3, -0.25) is 4.79 Å². The van der Waals surface area contributed by atoms with Crippen LogP contribution < -0.4 is 9.47 Å². The minimum Gasteiger partial charge on any atom is -0.484 e. The molecule has 0 unspecified atom stereocenters. The number of benzene rings is 1. The fourth-order valence-electron chi connectivity index (χ4n) is 2.12. The van der Waals surface area contributed by atoms with E-state index in [1.54, 1.807) is 4.90 Å². The van der Waals surface area contributed by atoms with Crippen LogP contribution in [0.4, 0.5) is 13.2 Å². The second-order valence-electron chi connectivity index (χ2n) is 4.75. The van der Waals surface area contributed by atoms with Crippen molar-refractivity contribution in [2.45, 2.75) is 25.6 Å². The van der Waals surface area contributed by atoms with E-state index in [0.29, 0.717) is 5.75 Å². The van der Waals surface area contributed by atoms with E-state index in [4.69, 9.17) is 4.74 Å². The first-order chi connectivity index (χ1) is 9.94. The normalized spacial score (nSPS) is 15.7. The summed E-state index contributed by atoms with van der Waals surface area (Å²) in [5, 5.41) is 0. The first-order valence-electron chi connectivity index (χ1n) is 6.70. The second-order valence-corrected chi connectivity index (χ2v) is 4.75. The Morgan fingerprint density at radius 3 is 2.19 bits per heavy atom. The highest BCUT2D eigenvalue weighted by molar-refractivity contribution is 5.77. The average molecular weight is 303 g/mol. The van der Waals surface area contributed by atoms with Crippen LogP contribution in [-0.4, -0.2) is 36.9 Å². The Morgan fingerprint density at radius 1 is 1.05 bits per heavy atom. The summed E-state index contributed by atoms with van der Waals surface area (Å²) < 4.78 is 45.0. The third kappa shape index (κ3) is 5.17. The van der Waals surface area contributed by atoms with Crippen molar-refractivity contribution in [3.63, 3.8) is 0 Å². The number of nitrogens with zero attached hydrogens (tertiary/aromatic N) is 1. The Kier molecular flexibility index (Phi) is 4.93. The number of amides is 1. The molecule has 1 aromatic rings. The fourth-order valence-corrected chi connectivity index (χ4v) is 2.12. The van der Waals surface area contributed by atoms with Crippen LogP contribution in [-0.2, 0) is 4.79 Å². The van der Waals surface area contributed by atoms with Gasteiger partial charge in [-0.2, -0.15) is 0 Å². The zero-order valence-corrected chi connectivity index (χ0v) is 11.4. The van der Waals surface area contributed by atoms with Crippen LogP contribution >= 0.6 is 0 Å². The van der Waals surface area contributed by atoms with Crippen molar-refractivity contribution >= 4 is 5.91 Å². The van der Waals surface area contributed by atoms with E-state index in [1.165, 1.54) is 12.1 Å². The van der Waals surface area contributed by atoms with Gasteiger partial charge in [-0.1, -0.05) is 0 Å². The summed E-state index contributed by atoms with van der Waals surface area (Å²) in [5.74, 6) is -0.0996. The van der Waals surface area contributed by atoms with E-state index in [-0.39, 0.29) is 18.3 Å². The number of carbonyl (C=O) groups is 1. The van der Waals surface area contributed by atoms with E-state index in [1.807, 2.05) is 0 Å². The van der Waals surface area contributed by atoms with Gasteiger partial charge >= 0.3 is 6.36 Å². The molecule has 0 atom stereocenters. The van der Waals surface area contributed by atoms with Gasteiger partial charge < -0.3 is 14.4 Å². The number of hydrogen-bond acceptors (Lipinski definition) is 3. The van der Waals surface area contributed by atoms with Crippen LogP contribution in [0.5, 0.6) is 11.5 Å². The number of piperidine rings is 1. The highest BCUT2D eigenvalue weighted by Gasteiger charge is 2.31. The Hall–Kier alpha value is -1.92. The topological polar surface area (TPSA) is 38.8 Å². The van der Waals surface area contributed by atoms with Gasteiger partial charge in [0.1, 0.15) is 11.5 Å². The van der Waals surface area contributed by atoms with E-state index >= 15 is 0 Å². The minimum absolute atomic E-state index is 0.106. The zero-order valence-electron chi connectivity index (χ0n) is 11.4. The molecule has 0 radical (unpaired) electrons. The number of halogens is 3. The number of likely N-dealkylation sites (tertiary alicyclic amines) is 1. The van der Waals surface area contributed by atoms with Gasteiger partial charge in [-0.05, 0) is 43.5 Å². The molecule has 0 bridgehead atoms. The monoisotopic (exact) mass is 303 g/mol. The molecule has 4 nitrogen and oxygen atoms in total. The van der Waals surface area contributed by atoms with Crippen LogP contribution in [0.15, 0.2) is 24.3 Å². The molecule has 2 rings (SSSR count). The van der Waals surface area contributed by atoms with Crippen molar-refractivity contribution in [2.75, 3.05) is 19.7 Å². The van der Waals surface area contributed by atoms with Crippen molar-refractivity contribution in [1.29, 1.82) is 0 Å². The molecule has 0 N–H and O–H groups in total.